The molecule has 1 unspecified atom stereocenters. The molecule has 3 rings (SSSR count). The molecule has 0 bridgehead atoms. The maximum atomic E-state index is 14.2. The predicted octanol–water partition coefficient (Wildman–Crippen LogP) is 3.50. The zero-order valence-electron chi connectivity index (χ0n) is 16.9. The van der Waals surface area contributed by atoms with Crippen molar-refractivity contribution in [3.63, 3.8) is 0 Å². The van der Waals surface area contributed by atoms with Gasteiger partial charge in [0.2, 0.25) is 0 Å². The Morgan fingerprint density at radius 2 is 1.84 bits per heavy atom. The Labute approximate surface area is 176 Å². The minimum Gasteiger partial charge on any atom is -0.490 e. The number of hydrogen-bond donors (Lipinski definition) is 1. The lowest BCUT2D eigenvalue weighted by molar-refractivity contribution is -0.129. The maximum Gasteiger partial charge on any atom is 0.387 e. The van der Waals surface area contributed by atoms with Gasteiger partial charge in [-0.25, -0.2) is 9.38 Å². The smallest absolute Gasteiger partial charge is 0.387 e. The Morgan fingerprint density at radius 3 is 2.42 bits per heavy atom. The normalized spacial score (nSPS) is 18.5. The third-order valence-corrected chi connectivity index (χ3v) is 4.93. The number of aliphatic imine (C=N–C) groups is 1. The van der Waals surface area contributed by atoms with Crippen LogP contribution in [0.1, 0.15) is 23.1 Å². The van der Waals surface area contributed by atoms with Crippen LogP contribution < -0.4 is 15.2 Å². The lowest BCUT2D eigenvalue weighted by Crippen LogP contribution is -2.41. The third-order valence-electron chi connectivity index (χ3n) is 4.93. The fraction of sp³-hybridized carbons (Fsp3) is 0.333. The molecule has 31 heavy (non-hydrogen) atoms. The summed E-state index contributed by atoms with van der Waals surface area (Å²) in [6.45, 7) is -2.14. The number of carbonyl (C=O) groups excluding carboxylic acids is 1. The number of benzene rings is 2. The SMILES string of the molecule is Cc1cc(C2(c3ccc(F)c(OCCCF)c3)N=C(N)N(C)C2=O)ccc1OC(F)F. The van der Waals surface area contributed by atoms with Crippen LogP contribution in [-0.2, 0) is 10.3 Å². The Morgan fingerprint density at radius 1 is 1.16 bits per heavy atom. The number of amides is 1. The number of hydrogen-bond acceptors (Lipinski definition) is 5. The molecule has 0 aliphatic carbocycles. The van der Waals surface area contributed by atoms with Crippen LogP contribution in [0, 0.1) is 12.7 Å². The van der Waals surface area contributed by atoms with Crippen LogP contribution in [0.15, 0.2) is 41.4 Å². The number of alkyl halides is 3. The van der Waals surface area contributed by atoms with Crippen molar-refractivity contribution in [3.05, 3.63) is 58.9 Å². The summed E-state index contributed by atoms with van der Waals surface area (Å²) in [5, 5.41) is 0. The fourth-order valence-corrected chi connectivity index (χ4v) is 3.36. The fourth-order valence-electron chi connectivity index (χ4n) is 3.36. The van der Waals surface area contributed by atoms with E-state index in [4.69, 9.17) is 10.5 Å². The second kappa shape index (κ2) is 8.83. The topological polar surface area (TPSA) is 77.2 Å². The number of likely N-dealkylation sites (N-methyl/N-ethyl adjacent to an activating group) is 1. The number of ether oxygens (including phenoxy) is 2. The lowest BCUT2D eigenvalue weighted by Gasteiger charge is -2.27. The van der Waals surface area contributed by atoms with E-state index in [-0.39, 0.29) is 36.0 Å². The van der Waals surface area contributed by atoms with Crippen molar-refractivity contribution in [2.24, 2.45) is 10.7 Å². The number of aryl methyl sites for hydroxylation is 1. The second-order valence-electron chi connectivity index (χ2n) is 6.94. The molecule has 0 saturated carbocycles. The molecule has 166 valence electrons. The highest BCUT2D eigenvalue weighted by atomic mass is 19.3. The van der Waals surface area contributed by atoms with Crippen LogP contribution in [0.2, 0.25) is 0 Å². The van der Waals surface area contributed by atoms with E-state index in [0.29, 0.717) is 11.1 Å². The van der Waals surface area contributed by atoms with Gasteiger partial charge in [-0.15, -0.1) is 0 Å². The van der Waals surface area contributed by atoms with Crippen LogP contribution in [0.25, 0.3) is 0 Å². The van der Waals surface area contributed by atoms with E-state index in [1.165, 1.54) is 37.4 Å². The van der Waals surface area contributed by atoms with Crippen LogP contribution >= 0.6 is 0 Å². The molecule has 0 spiro atoms. The molecule has 6 nitrogen and oxygen atoms in total. The van der Waals surface area contributed by atoms with Gasteiger partial charge in [0.1, 0.15) is 5.75 Å². The van der Waals surface area contributed by atoms with E-state index >= 15 is 0 Å². The molecule has 0 fully saturated rings. The Hall–Kier alpha value is -3.30. The van der Waals surface area contributed by atoms with Crippen molar-refractivity contribution in [2.75, 3.05) is 20.3 Å². The molecule has 1 amide bonds. The third kappa shape index (κ3) is 4.14. The van der Waals surface area contributed by atoms with Gasteiger partial charge in [-0.1, -0.05) is 12.1 Å². The number of nitrogens with two attached hydrogens (primary N) is 1. The molecule has 0 radical (unpaired) electrons. The van der Waals surface area contributed by atoms with Gasteiger partial charge in [-0.05, 0) is 47.9 Å². The summed E-state index contributed by atoms with van der Waals surface area (Å²) < 4.78 is 61.6. The van der Waals surface area contributed by atoms with Crippen molar-refractivity contribution >= 4 is 11.9 Å². The lowest BCUT2D eigenvalue weighted by atomic mass is 9.82. The predicted molar refractivity (Wildman–Crippen MR) is 105 cm³/mol. The molecule has 2 N–H and O–H groups in total. The van der Waals surface area contributed by atoms with E-state index < -0.39 is 30.5 Å². The Balaban J connectivity index is 2.14. The molecule has 1 atom stereocenters. The number of nitrogens with zero attached hydrogens (tertiary/aromatic N) is 2. The Kier molecular flexibility index (Phi) is 6.37. The van der Waals surface area contributed by atoms with E-state index in [2.05, 4.69) is 9.73 Å². The largest absolute Gasteiger partial charge is 0.490 e. The van der Waals surface area contributed by atoms with E-state index in [9.17, 15) is 22.4 Å². The second-order valence-corrected chi connectivity index (χ2v) is 6.94. The molecular weight excluding hydrogens is 418 g/mol. The van der Waals surface area contributed by atoms with Crippen LogP contribution in [0.4, 0.5) is 17.6 Å². The monoisotopic (exact) mass is 439 g/mol. The maximum absolute atomic E-state index is 14.2. The van der Waals surface area contributed by atoms with Gasteiger partial charge in [-0.2, -0.15) is 8.78 Å². The highest BCUT2D eigenvalue weighted by molar-refractivity contribution is 6.09. The molecular formula is C21H21F4N3O3. The van der Waals surface area contributed by atoms with Gasteiger partial charge < -0.3 is 15.2 Å². The summed E-state index contributed by atoms with van der Waals surface area (Å²) in [5.41, 5.74) is 5.14. The molecule has 0 aromatic heterocycles. The van der Waals surface area contributed by atoms with Crippen LogP contribution in [-0.4, -0.2) is 43.7 Å². The highest BCUT2D eigenvalue weighted by Crippen LogP contribution is 2.42. The summed E-state index contributed by atoms with van der Waals surface area (Å²) in [4.78, 5) is 18.8. The van der Waals surface area contributed by atoms with E-state index in [1.54, 1.807) is 6.92 Å². The van der Waals surface area contributed by atoms with E-state index in [1.807, 2.05) is 0 Å². The zero-order valence-corrected chi connectivity index (χ0v) is 16.9. The van der Waals surface area contributed by atoms with Crippen LogP contribution in [0.5, 0.6) is 11.5 Å². The summed E-state index contributed by atoms with van der Waals surface area (Å²) in [5.74, 6) is -1.51. The van der Waals surface area contributed by atoms with Gasteiger partial charge in [-0.3, -0.25) is 14.1 Å². The average Bonchev–Trinajstić information content (AvgIpc) is 2.95. The number of carbonyl (C=O) groups is 1. The molecule has 1 heterocycles. The first kappa shape index (κ1) is 22.4. The minimum absolute atomic E-state index is 0.0537. The molecule has 1 aliphatic heterocycles. The van der Waals surface area contributed by atoms with Gasteiger partial charge in [0.05, 0.1) is 13.3 Å². The van der Waals surface area contributed by atoms with Crippen molar-refractivity contribution < 1.29 is 31.8 Å². The average molecular weight is 439 g/mol. The molecule has 1 aliphatic rings. The summed E-state index contributed by atoms with van der Waals surface area (Å²) in [7, 11) is 1.44. The standard InChI is InChI=1S/C21H21F4N3O3/c1-12-10-13(5-7-16(12)31-19(24)25)21(18(29)28(2)20(26)27-21)14-4-6-15(23)17(11-14)30-9-3-8-22/h4-7,10-11,19H,3,8-9H2,1-2H3,(H2,26,27). The molecule has 2 aromatic carbocycles. The van der Waals surface area contributed by atoms with Crippen molar-refractivity contribution in [1.29, 1.82) is 0 Å². The molecule has 2 aromatic rings. The number of halogens is 4. The van der Waals surface area contributed by atoms with Crippen molar-refractivity contribution in [1.82, 2.24) is 4.90 Å². The highest BCUT2D eigenvalue weighted by Gasteiger charge is 2.50. The quantitative estimate of drug-likeness (QED) is 0.505. The first-order valence-corrected chi connectivity index (χ1v) is 9.39. The number of rotatable bonds is 8. The summed E-state index contributed by atoms with van der Waals surface area (Å²) >= 11 is 0. The van der Waals surface area contributed by atoms with Crippen molar-refractivity contribution in [3.8, 4) is 11.5 Å². The first-order chi connectivity index (χ1) is 14.7. The van der Waals surface area contributed by atoms with Gasteiger partial charge in [0, 0.05) is 13.5 Å². The molecule has 0 saturated heterocycles. The minimum atomic E-state index is -3.01. The van der Waals surface area contributed by atoms with Crippen molar-refractivity contribution in [2.45, 2.75) is 25.5 Å². The van der Waals surface area contributed by atoms with Gasteiger partial charge >= 0.3 is 6.61 Å². The number of guanidine groups is 1. The van der Waals surface area contributed by atoms with E-state index in [0.717, 1.165) is 11.0 Å². The van der Waals surface area contributed by atoms with Gasteiger partial charge in [0.25, 0.3) is 5.91 Å². The summed E-state index contributed by atoms with van der Waals surface area (Å²) in [6.07, 6.45) is 0.0758. The molecule has 10 heteroatoms. The summed E-state index contributed by atoms with van der Waals surface area (Å²) in [6, 6.07) is 7.99. The van der Waals surface area contributed by atoms with Gasteiger partial charge in [0.15, 0.2) is 23.1 Å². The first-order valence-electron chi connectivity index (χ1n) is 9.39. The Bertz CT molecular complexity index is 1020. The zero-order chi connectivity index (χ0) is 22.8. The van der Waals surface area contributed by atoms with Crippen LogP contribution in [0.3, 0.4) is 0 Å².